The first-order valence-electron chi connectivity index (χ1n) is 11.1. The van der Waals surface area contributed by atoms with Crippen LogP contribution in [-0.2, 0) is 14.8 Å². The van der Waals surface area contributed by atoms with Crippen molar-refractivity contribution >= 4 is 33.8 Å². The van der Waals surface area contributed by atoms with E-state index in [-0.39, 0.29) is 48.0 Å². The maximum absolute atomic E-state index is 13.9. The summed E-state index contributed by atoms with van der Waals surface area (Å²) in [7, 11) is -3.92. The van der Waals surface area contributed by atoms with Crippen LogP contribution in [0.2, 0.25) is 0 Å². The number of nitrogens with one attached hydrogen (secondary N) is 1. The van der Waals surface area contributed by atoms with Crippen LogP contribution in [0.5, 0.6) is 0 Å². The Labute approximate surface area is 202 Å². The molecule has 2 heterocycles. The Morgan fingerprint density at radius 1 is 1.09 bits per heavy atom. The van der Waals surface area contributed by atoms with Gasteiger partial charge in [-0.25, -0.2) is 17.2 Å². The van der Waals surface area contributed by atoms with E-state index in [1.165, 1.54) is 4.31 Å². The van der Waals surface area contributed by atoms with Gasteiger partial charge in [-0.2, -0.15) is 4.31 Å². The third-order valence-corrected chi connectivity index (χ3v) is 8.01. The molecule has 7 nitrogen and oxygen atoms in total. The quantitative estimate of drug-likeness (QED) is 0.525. The number of hydrogen-bond acceptors (Lipinski definition) is 5. The molecule has 0 aliphatic carbocycles. The molecule has 0 radical (unpaired) electrons. The average Bonchev–Trinajstić information content (AvgIpc) is 3.21. The largest absolute Gasteiger partial charge is 0.355 e. The molecule has 1 saturated heterocycles. The van der Waals surface area contributed by atoms with Gasteiger partial charge >= 0.3 is 0 Å². The van der Waals surface area contributed by atoms with Gasteiger partial charge in [0, 0.05) is 25.1 Å². The number of rotatable bonds is 6. The number of aromatic nitrogens is 1. The molecule has 2 aromatic carbocycles. The Bertz CT molecular complexity index is 1360. The highest BCUT2D eigenvalue weighted by molar-refractivity contribution is 7.89. The van der Waals surface area contributed by atoms with E-state index in [0.717, 1.165) is 23.3 Å². The number of benzene rings is 2. The fourth-order valence-corrected chi connectivity index (χ4v) is 5.68. The Kier molecular flexibility index (Phi) is 7.13. The summed E-state index contributed by atoms with van der Waals surface area (Å²) in [6, 6.07) is 10.6. The fraction of sp³-hybridized carbons (Fsp3) is 0.280. The van der Waals surface area contributed by atoms with E-state index in [4.69, 9.17) is 4.52 Å². The first-order valence-corrected chi connectivity index (χ1v) is 12.6. The summed E-state index contributed by atoms with van der Waals surface area (Å²) in [5, 5.41) is 6.31. The normalized spacial score (nSPS) is 15.5. The van der Waals surface area contributed by atoms with Crippen LogP contribution in [0.4, 0.5) is 14.5 Å². The molecule has 184 valence electrons. The summed E-state index contributed by atoms with van der Waals surface area (Å²) >= 11 is 0. The summed E-state index contributed by atoms with van der Waals surface area (Å²) < 4.78 is 60.3. The number of halogens is 2. The average molecular weight is 502 g/mol. The lowest BCUT2D eigenvalue weighted by Crippen LogP contribution is -2.41. The van der Waals surface area contributed by atoms with Crippen LogP contribution in [0.3, 0.4) is 0 Å². The van der Waals surface area contributed by atoms with Gasteiger partial charge in [-0.05, 0) is 50.5 Å². The number of nitrogens with zero attached hydrogens (tertiary/aromatic N) is 2. The Morgan fingerprint density at radius 2 is 1.77 bits per heavy atom. The number of piperidine rings is 1. The Hall–Kier alpha value is -3.37. The third-order valence-electron chi connectivity index (χ3n) is 5.95. The van der Waals surface area contributed by atoms with Crippen LogP contribution in [-0.4, -0.2) is 36.9 Å². The molecule has 0 saturated carbocycles. The second kappa shape index (κ2) is 10.1. The second-order valence-corrected chi connectivity index (χ2v) is 10.4. The van der Waals surface area contributed by atoms with Gasteiger partial charge in [0.05, 0.1) is 5.69 Å². The molecule has 1 amide bonds. The smallest absolute Gasteiger partial charge is 0.248 e. The van der Waals surface area contributed by atoms with Crippen molar-refractivity contribution < 1.29 is 26.5 Å². The number of sulfonamides is 1. The van der Waals surface area contributed by atoms with Crippen molar-refractivity contribution in [2.45, 2.75) is 31.6 Å². The Balaban J connectivity index is 1.45. The van der Waals surface area contributed by atoms with Crippen LogP contribution >= 0.6 is 0 Å². The highest BCUT2D eigenvalue weighted by atomic mass is 32.2. The molecule has 1 aliphatic rings. The van der Waals surface area contributed by atoms with Crippen LogP contribution in [0.1, 0.15) is 35.4 Å². The Morgan fingerprint density at radius 3 is 2.43 bits per heavy atom. The van der Waals surface area contributed by atoms with Crippen LogP contribution < -0.4 is 5.32 Å². The maximum Gasteiger partial charge on any atom is 0.248 e. The van der Waals surface area contributed by atoms with Gasteiger partial charge in [-0.3, -0.25) is 4.79 Å². The van der Waals surface area contributed by atoms with E-state index in [2.05, 4.69) is 10.5 Å². The molecule has 0 atom stereocenters. The van der Waals surface area contributed by atoms with Crippen molar-refractivity contribution in [2.24, 2.45) is 5.92 Å². The van der Waals surface area contributed by atoms with Gasteiger partial charge < -0.3 is 9.84 Å². The molecule has 0 unspecified atom stereocenters. The number of anilines is 1. The van der Waals surface area contributed by atoms with Gasteiger partial charge in [0.1, 0.15) is 17.3 Å². The van der Waals surface area contributed by atoms with E-state index < -0.39 is 33.5 Å². The number of aryl methyl sites for hydroxylation is 2. The van der Waals surface area contributed by atoms with Crippen molar-refractivity contribution in [1.82, 2.24) is 9.46 Å². The molecule has 1 fully saturated rings. The van der Waals surface area contributed by atoms with E-state index in [9.17, 15) is 22.0 Å². The monoisotopic (exact) mass is 501 g/mol. The molecule has 10 heteroatoms. The van der Waals surface area contributed by atoms with Crippen molar-refractivity contribution in [2.75, 3.05) is 18.4 Å². The lowest BCUT2D eigenvalue weighted by molar-refractivity contribution is -0.120. The van der Waals surface area contributed by atoms with Gasteiger partial charge in [0.15, 0.2) is 10.7 Å². The molecule has 3 aromatic rings. The summed E-state index contributed by atoms with van der Waals surface area (Å²) in [6.45, 7) is 3.76. The predicted molar refractivity (Wildman–Crippen MR) is 128 cm³/mol. The predicted octanol–water partition coefficient (Wildman–Crippen LogP) is 4.78. The summed E-state index contributed by atoms with van der Waals surface area (Å²) in [4.78, 5) is 12.6. The lowest BCUT2D eigenvalue weighted by Gasteiger charge is -2.30. The SMILES string of the molecule is Cc1ccc(/C=C/c2onc(C)c2S(=O)(=O)N2CCC(C(=O)Nc3ccc(F)cc3F)CC2)cc1. The summed E-state index contributed by atoms with van der Waals surface area (Å²) in [6.07, 6.45) is 3.85. The molecule has 4 rings (SSSR count). The lowest BCUT2D eigenvalue weighted by atomic mass is 9.97. The molecule has 35 heavy (non-hydrogen) atoms. The highest BCUT2D eigenvalue weighted by Crippen LogP contribution is 2.30. The molecule has 1 aliphatic heterocycles. The number of carbonyl (C=O) groups is 1. The number of carbonyl (C=O) groups excluding carboxylic acids is 1. The zero-order chi connectivity index (χ0) is 25.2. The van der Waals surface area contributed by atoms with Gasteiger partial charge in [-0.1, -0.05) is 41.1 Å². The van der Waals surface area contributed by atoms with E-state index >= 15 is 0 Å². The van der Waals surface area contributed by atoms with Crippen LogP contribution in [0, 0.1) is 31.4 Å². The third kappa shape index (κ3) is 5.49. The van der Waals surface area contributed by atoms with Crippen LogP contribution in [0.25, 0.3) is 12.2 Å². The number of amides is 1. The van der Waals surface area contributed by atoms with Crippen molar-refractivity contribution in [3.8, 4) is 0 Å². The van der Waals surface area contributed by atoms with Crippen molar-refractivity contribution in [3.05, 3.63) is 76.7 Å². The van der Waals surface area contributed by atoms with E-state index in [1.54, 1.807) is 19.1 Å². The molecule has 0 spiro atoms. The second-order valence-electron chi connectivity index (χ2n) is 8.50. The zero-order valence-electron chi connectivity index (χ0n) is 19.3. The zero-order valence-corrected chi connectivity index (χ0v) is 20.1. The van der Waals surface area contributed by atoms with Gasteiger partial charge in [-0.15, -0.1) is 0 Å². The maximum atomic E-state index is 13.9. The van der Waals surface area contributed by atoms with Crippen LogP contribution in [0.15, 0.2) is 51.9 Å². The van der Waals surface area contributed by atoms with Crippen molar-refractivity contribution in [3.63, 3.8) is 0 Å². The molecular formula is C25H25F2N3O4S. The van der Waals surface area contributed by atoms with E-state index in [0.29, 0.717) is 6.07 Å². The van der Waals surface area contributed by atoms with Crippen molar-refractivity contribution in [1.29, 1.82) is 0 Å². The highest BCUT2D eigenvalue weighted by Gasteiger charge is 2.36. The number of hydrogen-bond donors (Lipinski definition) is 1. The molecule has 1 aromatic heterocycles. The summed E-state index contributed by atoms with van der Waals surface area (Å²) in [5.74, 6) is -2.41. The minimum atomic E-state index is -3.92. The molecular weight excluding hydrogens is 476 g/mol. The first-order chi connectivity index (χ1) is 16.6. The first kappa shape index (κ1) is 24.7. The van der Waals surface area contributed by atoms with Gasteiger partial charge in [0.25, 0.3) is 0 Å². The standard InChI is InChI=1S/C25H25F2N3O4S/c1-16-3-5-18(6-4-16)7-10-23-24(17(2)29-34-23)35(32,33)30-13-11-19(12-14-30)25(31)28-22-9-8-20(26)15-21(22)27/h3-10,15,19H,11-14H2,1-2H3,(H,28,31)/b10-7+. The fourth-order valence-electron chi connectivity index (χ4n) is 3.96. The van der Waals surface area contributed by atoms with Gasteiger partial charge in [0.2, 0.25) is 15.9 Å². The molecule has 0 bridgehead atoms. The minimum Gasteiger partial charge on any atom is -0.355 e. The van der Waals surface area contributed by atoms with E-state index in [1.807, 2.05) is 31.2 Å². The minimum absolute atomic E-state index is 0.00264. The molecule has 1 N–H and O–H groups in total. The summed E-state index contributed by atoms with van der Waals surface area (Å²) in [5.41, 5.74) is 2.13. The topological polar surface area (TPSA) is 92.5 Å².